The third-order valence-corrected chi connectivity index (χ3v) is 4.19. The monoisotopic (exact) mass is 283 g/mol. The number of aromatic nitrogens is 1. The van der Waals surface area contributed by atoms with Crippen LogP contribution in [0.5, 0.6) is 0 Å². The lowest BCUT2D eigenvalue weighted by atomic mass is 10.1. The number of esters is 1. The lowest BCUT2D eigenvalue weighted by Gasteiger charge is -2.24. The van der Waals surface area contributed by atoms with Gasteiger partial charge in [0.2, 0.25) is 0 Å². The lowest BCUT2D eigenvalue weighted by Crippen LogP contribution is -2.28. The van der Waals surface area contributed by atoms with E-state index in [9.17, 15) is 4.79 Å². The summed E-state index contributed by atoms with van der Waals surface area (Å²) >= 11 is 1.30. The van der Waals surface area contributed by atoms with Crippen molar-refractivity contribution in [1.29, 1.82) is 0 Å². The summed E-state index contributed by atoms with van der Waals surface area (Å²) in [4.78, 5) is 14.1. The molecule has 1 fully saturated rings. The van der Waals surface area contributed by atoms with Crippen LogP contribution in [0.2, 0.25) is 0 Å². The van der Waals surface area contributed by atoms with Crippen LogP contribution in [0.4, 0.5) is 10.8 Å². The molecule has 1 aromatic heterocycles. The smallest absolute Gasteiger partial charge is 0.344 e. The third kappa shape index (κ3) is 3.18. The van der Waals surface area contributed by atoms with E-state index in [4.69, 9.17) is 10.5 Å². The van der Waals surface area contributed by atoms with E-state index < -0.39 is 5.97 Å². The molecule has 5 nitrogen and oxygen atoms in total. The van der Waals surface area contributed by atoms with E-state index >= 15 is 0 Å². The van der Waals surface area contributed by atoms with Crippen molar-refractivity contribution in [3.63, 3.8) is 0 Å². The number of hydrogen-bond acceptors (Lipinski definition) is 6. The molecule has 6 heteroatoms. The fourth-order valence-electron chi connectivity index (χ4n) is 2.02. The normalized spacial score (nSPS) is 14.7. The molecule has 0 atom stereocenters. The van der Waals surface area contributed by atoms with Crippen LogP contribution >= 0.6 is 11.5 Å². The number of methoxy groups -OCH3 is 1. The van der Waals surface area contributed by atoms with Gasteiger partial charge >= 0.3 is 5.97 Å². The van der Waals surface area contributed by atoms with E-state index in [1.807, 2.05) is 0 Å². The Balaban J connectivity index is 2.24. The van der Waals surface area contributed by atoms with Gasteiger partial charge in [0.05, 0.1) is 7.11 Å². The summed E-state index contributed by atoms with van der Waals surface area (Å²) in [7, 11) is 1.37. The number of carbonyl (C=O) groups excluding carboxylic acids is 1. The summed E-state index contributed by atoms with van der Waals surface area (Å²) in [6.45, 7) is 5.34. The predicted molar refractivity (Wildman–Crippen MR) is 77.7 cm³/mol. The number of ether oxygens (including phenoxy) is 1. The van der Waals surface area contributed by atoms with Crippen molar-refractivity contribution in [2.75, 3.05) is 24.3 Å². The van der Waals surface area contributed by atoms with Gasteiger partial charge in [-0.25, -0.2) is 4.79 Å². The third-order valence-electron chi connectivity index (χ3n) is 3.29. The molecule has 0 amide bonds. The fourth-order valence-corrected chi connectivity index (χ4v) is 2.92. The molecule has 0 radical (unpaired) electrons. The molecule has 0 saturated heterocycles. The van der Waals surface area contributed by atoms with Gasteiger partial charge < -0.3 is 15.4 Å². The molecule has 1 aliphatic rings. The molecule has 2 N–H and O–H groups in total. The second-order valence-corrected chi connectivity index (χ2v) is 6.10. The average molecular weight is 283 g/mol. The summed E-state index contributed by atoms with van der Waals surface area (Å²) in [6, 6.07) is 0.530. The summed E-state index contributed by atoms with van der Waals surface area (Å²) in [6.07, 6.45) is 3.45. The molecule has 0 aliphatic heterocycles. The SMILES string of the molecule is COC(=O)c1c(N)nsc1N(CCC(C)C)C1CC1. The molecular weight excluding hydrogens is 262 g/mol. The quantitative estimate of drug-likeness (QED) is 0.812. The number of hydrogen-bond donors (Lipinski definition) is 1. The van der Waals surface area contributed by atoms with Crippen molar-refractivity contribution in [2.24, 2.45) is 5.92 Å². The molecule has 0 spiro atoms. The summed E-state index contributed by atoms with van der Waals surface area (Å²) < 4.78 is 8.93. The lowest BCUT2D eigenvalue weighted by molar-refractivity contribution is 0.0603. The number of anilines is 2. The van der Waals surface area contributed by atoms with Crippen molar-refractivity contribution in [2.45, 2.75) is 39.2 Å². The second kappa shape index (κ2) is 5.77. The summed E-state index contributed by atoms with van der Waals surface area (Å²) in [5.41, 5.74) is 6.24. The fraction of sp³-hybridized carbons (Fsp3) is 0.692. The first kappa shape index (κ1) is 14.1. The van der Waals surface area contributed by atoms with Crippen molar-refractivity contribution < 1.29 is 9.53 Å². The van der Waals surface area contributed by atoms with E-state index in [-0.39, 0.29) is 5.82 Å². The molecule has 0 unspecified atom stereocenters. The van der Waals surface area contributed by atoms with Crippen molar-refractivity contribution >= 4 is 28.3 Å². The molecule has 0 bridgehead atoms. The van der Waals surface area contributed by atoms with Crippen LogP contribution < -0.4 is 10.6 Å². The molecule has 1 heterocycles. The Kier molecular flexibility index (Phi) is 4.29. The van der Waals surface area contributed by atoms with Gasteiger partial charge in [-0.2, -0.15) is 4.37 Å². The van der Waals surface area contributed by atoms with Gasteiger partial charge in [-0.1, -0.05) is 13.8 Å². The molecule has 1 aliphatic carbocycles. The van der Waals surface area contributed by atoms with Crippen molar-refractivity contribution in [3.05, 3.63) is 5.56 Å². The Hall–Kier alpha value is -1.30. The zero-order valence-electron chi connectivity index (χ0n) is 11.7. The van der Waals surface area contributed by atoms with Crippen LogP contribution in [0.1, 0.15) is 43.5 Å². The van der Waals surface area contributed by atoms with Crippen LogP contribution in [0, 0.1) is 5.92 Å². The van der Waals surface area contributed by atoms with Crippen LogP contribution in [0.25, 0.3) is 0 Å². The van der Waals surface area contributed by atoms with Gasteiger partial charge in [-0.3, -0.25) is 0 Å². The van der Waals surface area contributed by atoms with Crippen LogP contribution in [0.3, 0.4) is 0 Å². The molecule has 19 heavy (non-hydrogen) atoms. The number of nitrogens with two attached hydrogens (primary N) is 1. The molecule has 1 aromatic rings. The first-order valence-electron chi connectivity index (χ1n) is 6.64. The number of carbonyl (C=O) groups is 1. The van der Waals surface area contributed by atoms with E-state index in [1.54, 1.807) is 0 Å². The van der Waals surface area contributed by atoms with Crippen molar-refractivity contribution in [1.82, 2.24) is 4.37 Å². The molecule has 0 aromatic carbocycles. The Labute approximate surface area is 117 Å². The molecule has 1 saturated carbocycles. The minimum atomic E-state index is -0.392. The highest BCUT2D eigenvalue weighted by Crippen LogP contribution is 2.38. The van der Waals surface area contributed by atoms with Crippen molar-refractivity contribution in [3.8, 4) is 0 Å². The second-order valence-electron chi connectivity index (χ2n) is 5.35. The maximum Gasteiger partial charge on any atom is 0.344 e. The van der Waals surface area contributed by atoms with Gasteiger partial charge in [0.25, 0.3) is 0 Å². The van der Waals surface area contributed by atoms with Gasteiger partial charge in [0.15, 0.2) is 5.82 Å². The highest BCUT2D eigenvalue weighted by molar-refractivity contribution is 7.11. The highest BCUT2D eigenvalue weighted by Gasteiger charge is 2.34. The average Bonchev–Trinajstić information content (AvgIpc) is 3.13. The Morgan fingerprint density at radius 1 is 1.58 bits per heavy atom. The number of rotatable bonds is 6. The van der Waals surface area contributed by atoms with Gasteiger partial charge in [0.1, 0.15) is 10.6 Å². The first-order valence-corrected chi connectivity index (χ1v) is 7.42. The van der Waals surface area contributed by atoms with Crippen LogP contribution in [0.15, 0.2) is 0 Å². The van der Waals surface area contributed by atoms with Crippen LogP contribution in [-0.2, 0) is 4.74 Å². The Bertz CT molecular complexity index is 455. The zero-order chi connectivity index (χ0) is 14.0. The Morgan fingerprint density at radius 3 is 2.79 bits per heavy atom. The van der Waals surface area contributed by atoms with E-state index in [0.29, 0.717) is 17.5 Å². The van der Waals surface area contributed by atoms with Crippen LogP contribution in [-0.4, -0.2) is 30.0 Å². The molecular formula is C13H21N3O2S. The number of nitrogens with zero attached hydrogens (tertiary/aromatic N) is 2. The van der Waals surface area contributed by atoms with Gasteiger partial charge in [0, 0.05) is 12.6 Å². The molecule has 2 rings (SSSR count). The Morgan fingerprint density at radius 2 is 2.26 bits per heavy atom. The van der Waals surface area contributed by atoms with Gasteiger partial charge in [-0.15, -0.1) is 0 Å². The minimum Gasteiger partial charge on any atom is -0.465 e. The maximum atomic E-state index is 11.8. The minimum absolute atomic E-state index is 0.280. The summed E-state index contributed by atoms with van der Waals surface area (Å²) in [5, 5.41) is 0.868. The van der Waals surface area contributed by atoms with E-state index in [0.717, 1.165) is 18.0 Å². The highest BCUT2D eigenvalue weighted by atomic mass is 32.1. The summed E-state index contributed by atoms with van der Waals surface area (Å²) in [5.74, 6) is 0.520. The number of nitrogen functional groups attached to an aromatic ring is 1. The maximum absolute atomic E-state index is 11.8. The zero-order valence-corrected chi connectivity index (χ0v) is 12.5. The predicted octanol–water partition coefficient (Wildman–Crippen LogP) is 2.53. The van der Waals surface area contributed by atoms with Gasteiger partial charge in [-0.05, 0) is 36.7 Å². The topological polar surface area (TPSA) is 68.5 Å². The van der Waals surface area contributed by atoms with E-state index in [2.05, 4.69) is 23.1 Å². The standard InChI is InChI=1S/C13H21N3O2S/c1-8(2)6-7-16(9-4-5-9)12-10(13(17)18-3)11(14)15-19-12/h8-9H,4-7H2,1-3H3,(H2,14,15). The first-order chi connectivity index (χ1) is 9.04. The molecule has 106 valence electrons. The largest absolute Gasteiger partial charge is 0.465 e. The van der Waals surface area contributed by atoms with E-state index in [1.165, 1.54) is 31.5 Å².